The summed E-state index contributed by atoms with van der Waals surface area (Å²) in [5.41, 5.74) is -0.357. The molecule has 0 heterocycles. The van der Waals surface area contributed by atoms with Gasteiger partial charge in [-0.15, -0.1) is 0 Å². The predicted molar refractivity (Wildman–Crippen MR) is 48.3 cm³/mol. The van der Waals surface area contributed by atoms with Crippen molar-refractivity contribution in [2.24, 2.45) is 0 Å². The number of hydrogen-bond donors (Lipinski definition) is 2. The van der Waals surface area contributed by atoms with Crippen LogP contribution < -0.4 is 5.32 Å². The zero-order valence-electron chi connectivity index (χ0n) is 8.17. The number of aliphatic hydroxyl groups excluding tert-OH is 1. The van der Waals surface area contributed by atoms with E-state index < -0.39 is 6.10 Å². The molecule has 0 radical (unpaired) electrons. The van der Waals surface area contributed by atoms with Crippen molar-refractivity contribution in [3.05, 3.63) is 0 Å². The summed E-state index contributed by atoms with van der Waals surface area (Å²) in [6.07, 6.45) is 2.36. The lowest BCUT2D eigenvalue weighted by atomic mass is 9.77. The summed E-state index contributed by atoms with van der Waals surface area (Å²) in [6.45, 7) is 1.72. The Hall–Kier alpha value is -0.610. The summed E-state index contributed by atoms with van der Waals surface area (Å²) >= 11 is 0. The minimum Gasteiger partial charge on any atom is -0.394 e. The van der Waals surface area contributed by atoms with Crippen molar-refractivity contribution in [1.29, 1.82) is 0 Å². The van der Waals surface area contributed by atoms with E-state index >= 15 is 0 Å². The fraction of sp³-hybridized carbons (Fsp3) is 0.889. The second kappa shape index (κ2) is 4.07. The minimum absolute atomic E-state index is 0.0230. The van der Waals surface area contributed by atoms with Gasteiger partial charge in [-0.25, -0.2) is 0 Å². The summed E-state index contributed by atoms with van der Waals surface area (Å²) in [5.74, 6) is -0.142. The number of carbonyl (C=O) groups is 1. The fourth-order valence-electron chi connectivity index (χ4n) is 1.40. The Morgan fingerprint density at radius 3 is 2.62 bits per heavy atom. The molecular formula is C9H17NO3. The number of ether oxygens (including phenoxy) is 1. The second-order valence-corrected chi connectivity index (χ2v) is 3.66. The molecule has 0 aliphatic heterocycles. The third-order valence-corrected chi connectivity index (χ3v) is 2.72. The molecule has 1 aliphatic carbocycles. The van der Waals surface area contributed by atoms with E-state index in [4.69, 9.17) is 9.84 Å². The SMILES string of the molecule is COC(C)C(=O)NC1(CO)CCC1. The topological polar surface area (TPSA) is 58.6 Å². The number of nitrogens with one attached hydrogen (secondary N) is 1. The lowest BCUT2D eigenvalue weighted by Gasteiger charge is -2.41. The lowest BCUT2D eigenvalue weighted by molar-refractivity contribution is -0.134. The normalized spacial score (nSPS) is 21.8. The van der Waals surface area contributed by atoms with Crippen LogP contribution in [0.3, 0.4) is 0 Å². The third kappa shape index (κ3) is 2.19. The maximum Gasteiger partial charge on any atom is 0.249 e. The van der Waals surface area contributed by atoms with Crippen LogP contribution in [0.25, 0.3) is 0 Å². The van der Waals surface area contributed by atoms with Crippen molar-refractivity contribution in [2.45, 2.75) is 37.8 Å². The molecule has 1 amide bonds. The summed E-state index contributed by atoms with van der Waals surface area (Å²) in [5, 5.41) is 11.9. The maximum absolute atomic E-state index is 11.4. The zero-order chi connectivity index (χ0) is 9.90. The number of rotatable bonds is 4. The van der Waals surface area contributed by atoms with E-state index in [2.05, 4.69) is 5.32 Å². The lowest BCUT2D eigenvalue weighted by Crippen LogP contribution is -2.58. The quantitative estimate of drug-likeness (QED) is 0.654. The van der Waals surface area contributed by atoms with Crippen LogP contribution in [0.1, 0.15) is 26.2 Å². The first-order valence-electron chi connectivity index (χ1n) is 4.59. The molecule has 0 aromatic rings. The monoisotopic (exact) mass is 187 g/mol. The van der Waals surface area contributed by atoms with Gasteiger partial charge in [0.2, 0.25) is 5.91 Å². The number of methoxy groups -OCH3 is 1. The van der Waals surface area contributed by atoms with E-state index in [-0.39, 0.29) is 18.1 Å². The Balaban J connectivity index is 2.42. The molecule has 0 aromatic carbocycles. The molecule has 0 bridgehead atoms. The molecule has 1 fully saturated rings. The molecule has 4 nitrogen and oxygen atoms in total. The summed E-state index contributed by atoms with van der Waals surface area (Å²) in [6, 6.07) is 0. The van der Waals surface area contributed by atoms with Gasteiger partial charge < -0.3 is 15.2 Å². The molecule has 4 heteroatoms. The van der Waals surface area contributed by atoms with Gasteiger partial charge in [0.1, 0.15) is 6.10 Å². The molecule has 0 aromatic heterocycles. The molecule has 1 unspecified atom stereocenters. The molecule has 1 rings (SSSR count). The van der Waals surface area contributed by atoms with Crippen molar-refractivity contribution >= 4 is 5.91 Å². The van der Waals surface area contributed by atoms with Gasteiger partial charge in [0.05, 0.1) is 12.1 Å². The molecule has 2 N–H and O–H groups in total. The highest BCUT2D eigenvalue weighted by Gasteiger charge is 2.38. The van der Waals surface area contributed by atoms with E-state index in [9.17, 15) is 4.79 Å². The van der Waals surface area contributed by atoms with Gasteiger partial charge in [-0.3, -0.25) is 4.79 Å². The molecular weight excluding hydrogens is 170 g/mol. The van der Waals surface area contributed by atoms with Crippen LogP contribution in [-0.4, -0.2) is 36.4 Å². The van der Waals surface area contributed by atoms with Gasteiger partial charge in [0.15, 0.2) is 0 Å². The van der Waals surface area contributed by atoms with E-state index in [1.54, 1.807) is 6.92 Å². The van der Waals surface area contributed by atoms with Gasteiger partial charge in [0, 0.05) is 7.11 Å². The Morgan fingerprint density at radius 2 is 2.31 bits per heavy atom. The van der Waals surface area contributed by atoms with Crippen molar-refractivity contribution < 1.29 is 14.6 Å². The van der Waals surface area contributed by atoms with E-state index in [1.807, 2.05) is 0 Å². The molecule has 0 saturated heterocycles. The Bertz CT molecular complexity index is 184. The highest BCUT2D eigenvalue weighted by atomic mass is 16.5. The van der Waals surface area contributed by atoms with E-state index in [1.165, 1.54) is 7.11 Å². The molecule has 13 heavy (non-hydrogen) atoms. The van der Waals surface area contributed by atoms with Crippen molar-refractivity contribution in [3.8, 4) is 0 Å². The molecule has 1 atom stereocenters. The number of amides is 1. The van der Waals surface area contributed by atoms with E-state index in [0.29, 0.717) is 0 Å². The number of aliphatic hydroxyl groups is 1. The second-order valence-electron chi connectivity index (χ2n) is 3.66. The van der Waals surface area contributed by atoms with Crippen LogP contribution in [0, 0.1) is 0 Å². The Kier molecular flexibility index (Phi) is 3.27. The first-order chi connectivity index (χ1) is 6.13. The summed E-state index contributed by atoms with van der Waals surface area (Å²) < 4.78 is 4.88. The third-order valence-electron chi connectivity index (χ3n) is 2.72. The van der Waals surface area contributed by atoms with Gasteiger partial charge in [-0.1, -0.05) is 0 Å². The number of hydrogen-bond acceptors (Lipinski definition) is 3. The first kappa shape index (κ1) is 10.5. The van der Waals surface area contributed by atoms with Gasteiger partial charge in [0.25, 0.3) is 0 Å². The minimum atomic E-state index is -0.441. The molecule has 76 valence electrons. The van der Waals surface area contributed by atoms with Crippen LogP contribution in [0.5, 0.6) is 0 Å². The van der Waals surface area contributed by atoms with Crippen LogP contribution in [0.2, 0.25) is 0 Å². The van der Waals surface area contributed by atoms with E-state index in [0.717, 1.165) is 19.3 Å². The van der Waals surface area contributed by atoms with Crippen LogP contribution in [-0.2, 0) is 9.53 Å². The average molecular weight is 187 g/mol. The van der Waals surface area contributed by atoms with Gasteiger partial charge >= 0.3 is 0 Å². The fourth-order valence-corrected chi connectivity index (χ4v) is 1.40. The predicted octanol–water partition coefficient (Wildman–Crippen LogP) is 0.0525. The molecule has 1 saturated carbocycles. The zero-order valence-corrected chi connectivity index (χ0v) is 8.17. The number of carbonyl (C=O) groups excluding carboxylic acids is 1. The van der Waals surface area contributed by atoms with Crippen LogP contribution >= 0.6 is 0 Å². The van der Waals surface area contributed by atoms with Crippen molar-refractivity contribution in [3.63, 3.8) is 0 Å². The standard InChI is InChI=1S/C9H17NO3/c1-7(13-2)8(12)10-9(6-11)4-3-5-9/h7,11H,3-6H2,1-2H3,(H,10,12). The van der Waals surface area contributed by atoms with Gasteiger partial charge in [-0.05, 0) is 26.2 Å². The van der Waals surface area contributed by atoms with Crippen LogP contribution in [0.15, 0.2) is 0 Å². The summed E-state index contributed by atoms with van der Waals surface area (Å²) in [7, 11) is 1.50. The summed E-state index contributed by atoms with van der Waals surface area (Å²) in [4.78, 5) is 11.4. The maximum atomic E-state index is 11.4. The highest BCUT2D eigenvalue weighted by molar-refractivity contribution is 5.81. The molecule has 1 aliphatic rings. The van der Waals surface area contributed by atoms with Crippen molar-refractivity contribution in [2.75, 3.05) is 13.7 Å². The van der Waals surface area contributed by atoms with Gasteiger partial charge in [-0.2, -0.15) is 0 Å². The first-order valence-corrected chi connectivity index (χ1v) is 4.59. The Morgan fingerprint density at radius 1 is 1.69 bits per heavy atom. The van der Waals surface area contributed by atoms with Crippen molar-refractivity contribution in [1.82, 2.24) is 5.32 Å². The largest absolute Gasteiger partial charge is 0.394 e. The van der Waals surface area contributed by atoms with Crippen LogP contribution in [0.4, 0.5) is 0 Å². The molecule has 0 spiro atoms. The smallest absolute Gasteiger partial charge is 0.249 e. The highest BCUT2D eigenvalue weighted by Crippen LogP contribution is 2.31. The Labute approximate surface area is 78.3 Å². The average Bonchev–Trinajstić information content (AvgIpc) is 2.09.